The van der Waals surface area contributed by atoms with E-state index in [-0.39, 0.29) is 30.5 Å². The van der Waals surface area contributed by atoms with Crippen molar-refractivity contribution in [3.63, 3.8) is 0 Å². The molecule has 1 aromatic heterocycles. The van der Waals surface area contributed by atoms with Gasteiger partial charge in [-0.15, -0.1) is 0 Å². The third-order valence-electron chi connectivity index (χ3n) is 8.16. The summed E-state index contributed by atoms with van der Waals surface area (Å²) in [4.78, 5) is 16.8. The molecule has 2 aliphatic heterocycles. The standard InChI is InChI=1S/C16H19NO2S.C14H24FN3O/c1-16(2)18-11-13(19-16)10-17-8-6-14-12(7-9-20)4-3-5-15(14)17;1-2-14(7-8-16)13(19)17-12(18-14)11-5-3-10(9-15)4-6-11/h3-9,13,20H,10-11H2,1-2H3;10-11H,2-9,16H2,1H3,(H,17,18,19)/b9-7+;. The molecule has 0 spiro atoms. The molecule has 2 fully saturated rings. The van der Waals surface area contributed by atoms with Crippen LogP contribution < -0.4 is 11.1 Å². The molecule has 1 aliphatic carbocycles. The molecule has 1 saturated heterocycles. The minimum Gasteiger partial charge on any atom is -0.348 e. The molecule has 3 aliphatic rings. The van der Waals surface area contributed by atoms with E-state index in [0.717, 1.165) is 38.1 Å². The molecule has 39 heavy (non-hydrogen) atoms. The van der Waals surface area contributed by atoms with Crippen LogP contribution in [0.1, 0.15) is 64.9 Å². The molecule has 1 amide bonds. The molecule has 0 radical (unpaired) electrons. The Kier molecular flexibility index (Phi) is 9.91. The van der Waals surface area contributed by atoms with E-state index in [1.54, 1.807) is 5.41 Å². The topological polar surface area (TPSA) is 90.9 Å². The first kappa shape index (κ1) is 29.8. The third-order valence-corrected chi connectivity index (χ3v) is 8.31. The first-order chi connectivity index (χ1) is 18.7. The second-order valence-corrected chi connectivity index (χ2v) is 11.6. The Morgan fingerprint density at radius 1 is 1.26 bits per heavy atom. The monoisotopic (exact) mass is 558 g/mol. The number of benzene rings is 1. The van der Waals surface area contributed by atoms with Gasteiger partial charge in [0.05, 0.1) is 19.8 Å². The van der Waals surface area contributed by atoms with Crippen molar-refractivity contribution in [3.05, 3.63) is 41.4 Å². The first-order valence-electron chi connectivity index (χ1n) is 14.1. The van der Waals surface area contributed by atoms with Gasteiger partial charge in [-0.05, 0) is 94.0 Å². The van der Waals surface area contributed by atoms with Gasteiger partial charge < -0.3 is 25.1 Å². The van der Waals surface area contributed by atoms with E-state index in [1.807, 2.05) is 26.8 Å². The van der Waals surface area contributed by atoms with Gasteiger partial charge >= 0.3 is 0 Å². The zero-order valence-corrected chi connectivity index (χ0v) is 24.3. The number of aromatic nitrogens is 1. The van der Waals surface area contributed by atoms with E-state index in [1.165, 1.54) is 16.5 Å². The van der Waals surface area contributed by atoms with Crippen molar-refractivity contribution in [2.24, 2.45) is 22.6 Å². The number of nitrogens with zero attached hydrogens (tertiary/aromatic N) is 2. The second kappa shape index (κ2) is 13.0. The number of nitrogens with one attached hydrogen (secondary N) is 1. The predicted molar refractivity (Wildman–Crippen MR) is 159 cm³/mol. The number of nitrogens with two attached hydrogens (primary N) is 1. The molecular formula is C30H43FN4O3S. The van der Waals surface area contributed by atoms with Gasteiger partial charge in [0.1, 0.15) is 17.5 Å². The molecule has 5 rings (SSSR count). The highest BCUT2D eigenvalue weighted by atomic mass is 32.1. The highest BCUT2D eigenvalue weighted by molar-refractivity contribution is 7.83. The lowest BCUT2D eigenvalue weighted by molar-refractivity contribution is -0.139. The van der Waals surface area contributed by atoms with Crippen LogP contribution in [0.25, 0.3) is 17.0 Å². The third kappa shape index (κ3) is 6.93. The number of rotatable bonds is 8. The van der Waals surface area contributed by atoms with Crippen LogP contribution in [0.4, 0.5) is 4.39 Å². The van der Waals surface area contributed by atoms with E-state index < -0.39 is 11.3 Å². The zero-order chi connectivity index (χ0) is 28.0. The van der Waals surface area contributed by atoms with Crippen LogP contribution in [0.5, 0.6) is 0 Å². The minimum atomic E-state index is -0.652. The van der Waals surface area contributed by atoms with Crippen molar-refractivity contribution in [2.75, 3.05) is 19.8 Å². The number of fused-ring (bicyclic) bond motifs is 1. The predicted octanol–water partition coefficient (Wildman–Crippen LogP) is 5.48. The van der Waals surface area contributed by atoms with Gasteiger partial charge in [0.15, 0.2) is 5.79 Å². The van der Waals surface area contributed by atoms with Gasteiger partial charge in [-0.2, -0.15) is 12.6 Å². The summed E-state index contributed by atoms with van der Waals surface area (Å²) in [5.41, 5.74) is 7.34. The van der Waals surface area contributed by atoms with Gasteiger partial charge in [-0.1, -0.05) is 19.1 Å². The summed E-state index contributed by atoms with van der Waals surface area (Å²) in [5.74, 6) is 0.834. The summed E-state index contributed by atoms with van der Waals surface area (Å²) in [6, 6.07) is 8.43. The summed E-state index contributed by atoms with van der Waals surface area (Å²) in [5, 5.41) is 5.94. The number of carbonyl (C=O) groups excluding carboxylic acids is 1. The summed E-state index contributed by atoms with van der Waals surface area (Å²) in [6.07, 6.45) is 9.13. The largest absolute Gasteiger partial charge is 0.348 e. The average molecular weight is 559 g/mol. The van der Waals surface area contributed by atoms with Crippen LogP contribution in [0.2, 0.25) is 0 Å². The van der Waals surface area contributed by atoms with Crippen molar-refractivity contribution in [1.82, 2.24) is 9.88 Å². The summed E-state index contributed by atoms with van der Waals surface area (Å²) in [6.45, 7) is 7.57. The van der Waals surface area contributed by atoms with Gasteiger partial charge in [0, 0.05) is 23.0 Å². The number of amidine groups is 1. The van der Waals surface area contributed by atoms with Crippen LogP contribution in [-0.4, -0.2) is 53.6 Å². The number of aliphatic imine (C=N–C) groups is 1. The number of hydrogen-bond acceptors (Lipinski definition) is 6. The Hall–Kier alpha value is -2.20. The molecule has 1 aromatic carbocycles. The number of amides is 1. The summed E-state index contributed by atoms with van der Waals surface area (Å²) in [7, 11) is 0. The molecule has 3 heterocycles. The SMILES string of the molecule is CC1(C)OCC(Cn2ccc3c(/C=C/S)cccc32)O1.CCC1(CCN)N=C(C2CCC(CF)CC2)NC1=O. The molecule has 214 valence electrons. The number of halogens is 1. The number of ether oxygens (including phenoxy) is 2. The van der Waals surface area contributed by atoms with Crippen molar-refractivity contribution in [1.29, 1.82) is 0 Å². The fourth-order valence-electron chi connectivity index (χ4n) is 5.85. The number of carbonyl (C=O) groups is 1. The number of alkyl halides is 1. The Morgan fingerprint density at radius 3 is 2.64 bits per heavy atom. The maximum atomic E-state index is 12.6. The molecule has 0 bridgehead atoms. The Balaban J connectivity index is 0.000000181. The normalized spacial score (nSPS) is 28.4. The van der Waals surface area contributed by atoms with Crippen molar-refractivity contribution < 1.29 is 18.7 Å². The summed E-state index contributed by atoms with van der Waals surface area (Å²) >= 11 is 4.15. The Morgan fingerprint density at radius 2 is 2.03 bits per heavy atom. The molecule has 3 N–H and O–H groups in total. The van der Waals surface area contributed by atoms with Gasteiger partial charge in [-0.25, -0.2) is 0 Å². The summed E-state index contributed by atoms with van der Waals surface area (Å²) < 4.78 is 26.3. The maximum absolute atomic E-state index is 12.6. The van der Waals surface area contributed by atoms with E-state index >= 15 is 0 Å². The highest BCUT2D eigenvalue weighted by Gasteiger charge is 2.43. The second-order valence-electron chi connectivity index (χ2n) is 11.3. The number of hydrogen-bond donors (Lipinski definition) is 3. The van der Waals surface area contributed by atoms with Crippen LogP contribution >= 0.6 is 12.6 Å². The highest BCUT2D eigenvalue weighted by Crippen LogP contribution is 2.34. The van der Waals surface area contributed by atoms with Crippen molar-refractivity contribution in [3.8, 4) is 0 Å². The average Bonchev–Trinajstić information content (AvgIpc) is 3.60. The molecular weight excluding hydrogens is 515 g/mol. The van der Waals surface area contributed by atoms with Crippen LogP contribution in [0.15, 0.2) is 40.9 Å². The Labute approximate surface area is 236 Å². The van der Waals surface area contributed by atoms with Crippen LogP contribution in [0.3, 0.4) is 0 Å². The Bertz CT molecular complexity index is 1190. The van der Waals surface area contributed by atoms with Crippen molar-refractivity contribution in [2.45, 2.75) is 83.3 Å². The lowest BCUT2D eigenvalue weighted by Crippen LogP contribution is -2.41. The lowest BCUT2D eigenvalue weighted by Gasteiger charge is -2.26. The molecule has 1 saturated carbocycles. The first-order valence-corrected chi connectivity index (χ1v) is 14.6. The number of thiol groups is 1. The molecule has 9 heteroatoms. The zero-order valence-electron chi connectivity index (χ0n) is 23.4. The smallest absolute Gasteiger partial charge is 0.253 e. The molecule has 2 atom stereocenters. The maximum Gasteiger partial charge on any atom is 0.253 e. The fourth-order valence-corrected chi connectivity index (χ4v) is 6.02. The van der Waals surface area contributed by atoms with Crippen LogP contribution in [-0.2, 0) is 20.8 Å². The lowest BCUT2D eigenvalue weighted by atomic mass is 9.82. The van der Waals surface area contributed by atoms with E-state index in [4.69, 9.17) is 15.2 Å². The van der Waals surface area contributed by atoms with Gasteiger partial charge in [0.25, 0.3) is 5.91 Å². The van der Waals surface area contributed by atoms with Crippen molar-refractivity contribution >= 4 is 41.4 Å². The van der Waals surface area contributed by atoms with E-state index in [2.05, 4.69) is 58.0 Å². The van der Waals surface area contributed by atoms with E-state index in [9.17, 15) is 9.18 Å². The van der Waals surface area contributed by atoms with Gasteiger partial charge in [-0.3, -0.25) is 14.2 Å². The van der Waals surface area contributed by atoms with Crippen LogP contribution in [0, 0.1) is 11.8 Å². The fraction of sp³-hybridized carbons (Fsp3) is 0.600. The molecule has 2 aromatic rings. The molecule has 7 nitrogen and oxygen atoms in total. The van der Waals surface area contributed by atoms with E-state index in [0.29, 0.717) is 26.0 Å². The van der Waals surface area contributed by atoms with Gasteiger partial charge in [0.2, 0.25) is 0 Å². The quantitative estimate of drug-likeness (QED) is 0.374. The molecule has 2 unspecified atom stereocenters. The minimum absolute atomic E-state index is 0.0111.